The molecule has 1 aromatic carbocycles. The molecule has 0 heterocycles. The largest absolute Gasteiger partial charge is 0.366 e. The van der Waals surface area contributed by atoms with Gasteiger partial charge in [-0.1, -0.05) is 24.3 Å². The van der Waals surface area contributed by atoms with Gasteiger partial charge in [0.15, 0.2) is 6.61 Å². The van der Waals surface area contributed by atoms with E-state index in [9.17, 15) is 0 Å². The van der Waals surface area contributed by atoms with Crippen LogP contribution in [0.1, 0.15) is 5.56 Å². The lowest BCUT2D eigenvalue weighted by Crippen LogP contribution is -1.81. The molecule has 0 spiro atoms. The Bertz CT molecular complexity index is 157. The number of ether oxygens (including phenoxy) is 1. The lowest BCUT2D eigenvalue weighted by molar-refractivity contribution is 0.292. The molecule has 0 amide bonds. The minimum Gasteiger partial charge on any atom is -0.366 e. The molecular formula is C8H7O. The topological polar surface area (TPSA) is 9.23 Å². The van der Waals surface area contributed by atoms with Crippen molar-refractivity contribution in [2.75, 3.05) is 7.11 Å². The monoisotopic (exact) mass is 119 g/mol. The summed E-state index contributed by atoms with van der Waals surface area (Å²) in [6.45, 7) is 2.65. The van der Waals surface area contributed by atoms with Gasteiger partial charge in [0.2, 0.25) is 0 Å². The van der Waals surface area contributed by atoms with Crippen molar-refractivity contribution < 1.29 is 4.74 Å². The predicted octanol–water partition coefficient (Wildman–Crippen LogP) is 1.52. The smallest absolute Gasteiger partial charge is 0.166 e. The molecule has 0 saturated heterocycles. The van der Waals surface area contributed by atoms with Crippen LogP contribution < -0.4 is 0 Å². The summed E-state index contributed by atoms with van der Waals surface area (Å²) < 4.78 is 4.65. The molecule has 0 atom stereocenters. The van der Waals surface area contributed by atoms with Crippen molar-refractivity contribution in [1.82, 2.24) is 0 Å². The van der Waals surface area contributed by atoms with Gasteiger partial charge in [-0.2, -0.15) is 0 Å². The van der Waals surface area contributed by atoms with Gasteiger partial charge >= 0.3 is 0 Å². The summed E-state index contributed by atoms with van der Waals surface area (Å²) in [5.41, 5.74) is 0.847. The maximum atomic E-state index is 4.65. The van der Waals surface area contributed by atoms with E-state index in [1.807, 2.05) is 24.3 Å². The van der Waals surface area contributed by atoms with Crippen LogP contribution in [0.3, 0.4) is 0 Å². The second-order valence-corrected chi connectivity index (χ2v) is 1.58. The molecule has 0 N–H and O–H groups in total. The maximum absolute atomic E-state index is 4.65. The van der Waals surface area contributed by atoms with Crippen LogP contribution in [0.25, 0.3) is 0 Å². The Morgan fingerprint density at radius 2 is 2.44 bits per heavy atom. The second-order valence-electron chi connectivity index (χ2n) is 1.58. The first kappa shape index (κ1) is 6.30. The minimum atomic E-state index is 0.847. The van der Waals surface area contributed by atoms with Gasteiger partial charge < -0.3 is 4.74 Å². The third-order valence-corrected chi connectivity index (χ3v) is 0.921. The van der Waals surface area contributed by atoms with Gasteiger partial charge in [-0.05, 0) is 11.6 Å². The first-order valence-electron chi connectivity index (χ1n) is 2.69. The fourth-order valence-corrected chi connectivity index (χ4v) is 0.567. The summed E-state index contributed by atoms with van der Waals surface area (Å²) in [5, 5.41) is 0. The number of rotatable bonds is 2. The Morgan fingerprint density at radius 1 is 1.56 bits per heavy atom. The highest BCUT2D eigenvalue weighted by Gasteiger charge is 1.88. The fourth-order valence-electron chi connectivity index (χ4n) is 0.567. The molecule has 1 rings (SSSR count). The van der Waals surface area contributed by atoms with Crippen molar-refractivity contribution >= 4 is 0 Å². The highest BCUT2D eigenvalue weighted by atomic mass is 16.5. The number of hydrogen-bond donors (Lipinski definition) is 0. The van der Waals surface area contributed by atoms with Crippen LogP contribution in [0.15, 0.2) is 24.3 Å². The molecule has 1 aromatic rings. The molecule has 0 aromatic heterocycles. The molecular weight excluding hydrogens is 112 g/mol. The molecule has 0 unspecified atom stereocenters. The average Bonchev–Trinajstić information content (AvgIpc) is 1.91. The second kappa shape index (κ2) is 3.25. The van der Waals surface area contributed by atoms with Crippen LogP contribution in [0.2, 0.25) is 0 Å². The highest BCUT2D eigenvalue weighted by molar-refractivity contribution is 5.17. The molecule has 0 saturated carbocycles. The molecule has 0 aliphatic carbocycles. The van der Waals surface area contributed by atoms with Gasteiger partial charge in [0.1, 0.15) is 0 Å². The Balaban J connectivity index is 2.61. The van der Waals surface area contributed by atoms with E-state index >= 15 is 0 Å². The van der Waals surface area contributed by atoms with E-state index in [4.69, 9.17) is 0 Å². The third kappa shape index (κ3) is 1.86. The fraction of sp³-hybridized carbons (Fsp3) is 0.125. The van der Waals surface area contributed by atoms with Crippen LogP contribution in [-0.4, -0.2) is 7.11 Å². The molecule has 9 heavy (non-hydrogen) atoms. The normalized spacial score (nSPS) is 9.44. The van der Waals surface area contributed by atoms with Gasteiger partial charge in [0, 0.05) is 7.11 Å². The van der Waals surface area contributed by atoms with Crippen LogP contribution >= 0.6 is 0 Å². The third-order valence-electron chi connectivity index (χ3n) is 0.921. The summed E-state index contributed by atoms with van der Waals surface area (Å²) in [4.78, 5) is 0. The zero-order valence-electron chi connectivity index (χ0n) is 5.22. The molecule has 0 fully saturated rings. The van der Waals surface area contributed by atoms with Crippen molar-refractivity contribution in [3.63, 3.8) is 0 Å². The van der Waals surface area contributed by atoms with Crippen molar-refractivity contribution in [3.8, 4) is 0 Å². The van der Waals surface area contributed by atoms with Gasteiger partial charge in [-0.15, -0.1) is 0 Å². The zero-order valence-corrected chi connectivity index (χ0v) is 5.22. The summed E-state index contributed by atoms with van der Waals surface area (Å²) >= 11 is 0. The first-order valence-corrected chi connectivity index (χ1v) is 2.69. The lowest BCUT2D eigenvalue weighted by Gasteiger charge is -1.92. The lowest BCUT2D eigenvalue weighted by atomic mass is 10.2. The number of benzene rings is 1. The van der Waals surface area contributed by atoms with E-state index < -0.39 is 0 Å². The van der Waals surface area contributed by atoms with Crippen LogP contribution in [0.5, 0.6) is 0 Å². The molecule has 0 aliphatic heterocycles. The number of methoxy groups -OCH3 is 1. The summed E-state index contributed by atoms with van der Waals surface area (Å²) in [6.07, 6.45) is 0. The van der Waals surface area contributed by atoms with Crippen molar-refractivity contribution in [2.24, 2.45) is 0 Å². The maximum Gasteiger partial charge on any atom is 0.166 e. The Kier molecular flexibility index (Phi) is 2.28. The first-order chi connectivity index (χ1) is 4.43. The van der Waals surface area contributed by atoms with Crippen molar-refractivity contribution in [3.05, 3.63) is 42.5 Å². The number of hydrogen-bond acceptors (Lipinski definition) is 1. The van der Waals surface area contributed by atoms with E-state index in [0.717, 1.165) is 5.56 Å². The summed E-state index contributed by atoms with van der Waals surface area (Å²) in [7, 11) is 1.57. The van der Waals surface area contributed by atoms with Crippen molar-refractivity contribution in [2.45, 2.75) is 0 Å². The average molecular weight is 119 g/mol. The Morgan fingerprint density at radius 3 is 3.00 bits per heavy atom. The molecule has 1 heteroatoms. The SMILES string of the molecule is CO[C]c1[c]cccc1. The van der Waals surface area contributed by atoms with Crippen LogP contribution in [-0.2, 0) is 4.74 Å². The standard InChI is InChI=1S/C8H7O/c1-9-7-8-5-3-2-4-6-8/h2-5H,1H3. The molecule has 1 nitrogen and oxygen atoms in total. The van der Waals surface area contributed by atoms with Crippen LogP contribution in [0, 0.1) is 12.7 Å². The molecule has 3 radical (unpaired) electrons. The van der Waals surface area contributed by atoms with E-state index in [1.54, 1.807) is 7.11 Å². The molecule has 0 aliphatic rings. The van der Waals surface area contributed by atoms with E-state index in [2.05, 4.69) is 17.4 Å². The van der Waals surface area contributed by atoms with Crippen LogP contribution in [0.4, 0.5) is 0 Å². The molecule has 0 bridgehead atoms. The summed E-state index contributed by atoms with van der Waals surface area (Å²) in [5.74, 6) is 0. The quantitative estimate of drug-likeness (QED) is 0.573. The minimum absolute atomic E-state index is 0.847. The molecule has 45 valence electrons. The van der Waals surface area contributed by atoms with E-state index in [1.165, 1.54) is 0 Å². The van der Waals surface area contributed by atoms with Gasteiger partial charge in [0.25, 0.3) is 0 Å². The van der Waals surface area contributed by atoms with Gasteiger partial charge in [-0.25, -0.2) is 0 Å². The summed E-state index contributed by atoms with van der Waals surface area (Å²) in [6, 6.07) is 10.5. The van der Waals surface area contributed by atoms with Gasteiger partial charge in [-0.3, -0.25) is 0 Å². The van der Waals surface area contributed by atoms with E-state index in [0.29, 0.717) is 0 Å². The highest BCUT2D eigenvalue weighted by Crippen LogP contribution is 1.99. The Hall–Kier alpha value is -0.820. The van der Waals surface area contributed by atoms with Gasteiger partial charge in [0.05, 0.1) is 0 Å². The Labute approximate surface area is 55.3 Å². The van der Waals surface area contributed by atoms with Crippen molar-refractivity contribution in [1.29, 1.82) is 0 Å². The zero-order chi connectivity index (χ0) is 6.53. The predicted molar refractivity (Wildman–Crippen MR) is 34.6 cm³/mol. The van der Waals surface area contributed by atoms with E-state index in [-0.39, 0.29) is 0 Å².